The Morgan fingerprint density at radius 2 is 1.81 bits per heavy atom. The zero-order chi connectivity index (χ0) is 18.7. The van der Waals surface area contributed by atoms with Crippen molar-refractivity contribution in [2.75, 3.05) is 0 Å². The van der Waals surface area contributed by atoms with Gasteiger partial charge in [0.2, 0.25) is 0 Å². The van der Waals surface area contributed by atoms with Gasteiger partial charge in [-0.15, -0.1) is 0 Å². The monoisotopic (exact) mass is 350 g/mol. The second-order valence-corrected chi connectivity index (χ2v) is 6.78. The van der Waals surface area contributed by atoms with Gasteiger partial charge in [-0.25, -0.2) is 4.79 Å². The van der Waals surface area contributed by atoms with Gasteiger partial charge < -0.3 is 9.15 Å². The van der Waals surface area contributed by atoms with Crippen LogP contribution >= 0.6 is 0 Å². The number of ether oxygens (including phenoxy) is 1. The number of benzene rings is 2. The molecule has 3 rings (SSSR count). The summed E-state index contributed by atoms with van der Waals surface area (Å²) in [6.45, 7) is 6.15. The summed E-state index contributed by atoms with van der Waals surface area (Å²) in [5, 5.41) is 0.828. The van der Waals surface area contributed by atoms with E-state index >= 15 is 0 Å². The van der Waals surface area contributed by atoms with Gasteiger partial charge in [0, 0.05) is 23.9 Å². The van der Waals surface area contributed by atoms with Crippen molar-refractivity contribution in [2.45, 2.75) is 39.5 Å². The van der Waals surface area contributed by atoms with Crippen molar-refractivity contribution < 1.29 is 13.9 Å². The first-order valence-corrected chi connectivity index (χ1v) is 8.76. The second-order valence-electron chi connectivity index (χ2n) is 6.78. The number of fused-ring (bicyclic) bond motifs is 1. The van der Waals surface area contributed by atoms with Gasteiger partial charge in [0.15, 0.2) is 0 Å². The molecule has 0 aliphatic heterocycles. The van der Waals surface area contributed by atoms with E-state index in [0.717, 1.165) is 16.5 Å². The van der Waals surface area contributed by atoms with Crippen LogP contribution in [0.1, 0.15) is 42.9 Å². The normalized spacial score (nSPS) is 11.1. The number of carbonyl (C=O) groups is 1. The molecule has 0 atom stereocenters. The van der Waals surface area contributed by atoms with Crippen molar-refractivity contribution in [3.8, 4) is 5.75 Å². The van der Waals surface area contributed by atoms with E-state index in [-0.39, 0.29) is 12.4 Å². The van der Waals surface area contributed by atoms with Gasteiger partial charge in [-0.05, 0) is 48.1 Å². The highest BCUT2D eigenvalue weighted by Gasteiger charge is 2.09. The molecule has 0 N–H and O–H groups in total. The maximum Gasteiger partial charge on any atom is 0.336 e. The molecule has 0 saturated heterocycles. The van der Waals surface area contributed by atoms with Gasteiger partial charge in [-0.1, -0.05) is 38.1 Å². The Hall–Kier alpha value is -2.88. The van der Waals surface area contributed by atoms with Crippen LogP contribution in [0, 0.1) is 6.92 Å². The Balaban J connectivity index is 1.64. The zero-order valence-electron chi connectivity index (χ0n) is 15.2. The van der Waals surface area contributed by atoms with E-state index in [0.29, 0.717) is 23.7 Å². The van der Waals surface area contributed by atoms with Gasteiger partial charge in [0.05, 0.1) is 0 Å². The summed E-state index contributed by atoms with van der Waals surface area (Å²) in [6, 6.07) is 14.8. The number of esters is 1. The van der Waals surface area contributed by atoms with Crippen LogP contribution in [0.2, 0.25) is 0 Å². The maximum atomic E-state index is 12.1. The molecule has 0 amide bonds. The molecule has 134 valence electrons. The molecule has 0 spiro atoms. The van der Waals surface area contributed by atoms with Crippen LogP contribution in [-0.4, -0.2) is 5.97 Å². The molecule has 3 aromatic rings. The smallest absolute Gasteiger partial charge is 0.336 e. The van der Waals surface area contributed by atoms with Crippen molar-refractivity contribution in [1.82, 2.24) is 0 Å². The predicted octanol–water partition coefficient (Wildman–Crippen LogP) is 4.76. The molecule has 0 bridgehead atoms. The van der Waals surface area contributed by atoms with Crippen molar-refractivity contribution >= 4 is 16.9 Å². The average molecular weight is 350 g/mol. The Kier molecular flexibility index (Phi) is 5.21. The van der Waals surface area contributed by atoms with E-state index in [1.807, 2.05) is 6.92 Å². The second kappa shape index (κ2) is 7.56. The quantitative estimate of drug-likeness (QED) is 0.378. The van der Waals surface area contributed by atoms with Gasteiger partial charge >= 0.3 is 11.6 Å². The summed E-state index contributed by atoms with van der Waals surface area (Å²) in [4.78, 5) is 23.6. The fraction of sp³-hybridized carbons (Fsp3) is 0.273. The minimum atomic E-state index is -0.414. The summed E-state index contributed by atoms with van der Waals surface area (Å²) >= 11 is 0. The fourth-order valence-electron chi connectivity index (χ4n) is 2.87. The van der Waals surface area contributed by atoms with Crippen LogP contribution in [0.3, 0.4) is 0 Å². The molecule has 26 heavy (non-hydrogen) atoms. The lowest BCUT2D eigenvalue weighted by molar-refractivity contribution is -0.134. The van der Waals surface area contributed by atoms with Gasteiger partial charge in [-0.2, -0.15) is 0 Å². The average Bonchev–Trinajstić information content (AvgIpc) is 2.60. The number of carbonyl (C=O) groups excluding carboxylic acids is 1. The summed E-state index contributed by atoms with van der Waals surface area (Å²) in [7, 11) is 0. The molecule has 0 fully saturated rings. The van der Waals surface area contributed by atoms with Crippen LogP contribution in [0.15, 0.2) is 57.7 Å². The molecule has 0 saturated carbocycles. The Bertz CT molecular complexity index is 981. The molecule has 1 aromatic heterocycles. The van der Waals surface area contributed by atoms with Gasteiger partial charge in [0.1, 0.15) is 11.3 Å². The molecule has 2 aromatic carbocycles. The lowest BCUT2D eigenvalue weighted by Gasteiger charge is -2.08. The molecule has 0 unspecified atom stereocenters. The van der Waals surface area contributed by atoms with E-state index in [1.165, 1.54) is 11.6 Å². The lowest BCUT2D eigenvalue weighted by Crippen LogP contribution is -2.09. The molecular formula is C22H22O4. The van der Waals surface area contributed by atoms with Crippen molar-refractivity contribution in [2.24, 2.45) is 0 Å². The largest absolute Gasteiger partial charge is 0.426 e. The van der Waals surface area contributed by atoms with Crippen molar-refractivity contribution in [3.05, 3.63) is 75.6 Å². The summed E-state index contributed by atoms with van der Waals surface area (Å²) in [5.74, 6) is 0.560. The van der Waals surface area contributed by atoms with E-state index in [9.17, 15) is 9.59 Å². The molecule has 0 aliphatic carbocycles. The number of hydrogen-bond donors (Lipinski definition) is 0. The third kappa shape index (κ3) is 4.20. The summed E-state index contributed by atoms with van der Waals surface area (Å²) in [5.41, 5.74) is 3.22. The standard InChI is InChI=1S/C22H22O4/c1-14(2)17-7-4-16(5-8-17)6-11-21(23)25-18-9-10-19-15(3)12-22(24)26-20(19)13-18/h4-5,7-10,12-14H,6,11H2,1-3H3. The van der Waals surface area contributed by atoms with E-state index in [4.69, 9.17) is 9.15 Å². The zero-order valence-corrected chi connectivity index (χ0v) is 15.2. The Morgan fingerprint density at radius 3 is 2.50 bits per heavy atom. The van der Waals surface area contributed by atoms with Gasteiger partial charge in [-0.3, -0.25) is 4.79 Å². The van der Waals surface area contributed by atoms with Crippen LogP contribution in [0.25, 0.3) is 11.0 Å². The minimum Gasteiger partial charge on any atom is -0.426 e. The van der Waals surface area contributed by atoms with Gasteiger partial charge in [0.25, 0.3) is 0 Å². The highest BCUT2D eigenvalue weighted by molar-refractivity contribution is 5.82. The SMILES string of the molecule is Cc1cc(=O)oc2cc(OC(=O)CCc3ccc(C(C)C)cc3)ccc12. The topological polar surface area (TPSA) is 56.5 Å². The molecule has 0 radical (unpaired) electrons. The molecule has 0 aliphatic rings. The maximum absolute atomic E-state index is 12.1. The highest BCUT2D eigenvalue weighted by Crippen LogP contribution is 2.22. The van der Waals surface area contributed by atoms with E-state index in [1.54, 1.807) is 18.2 Å². The number of rotatable bonds is 5. The lowest BCUT2D eigenvalue weighted by atomic mass is 10.0. The molecule has 4 nitrogen and oxygen atoms in total. The first-order valence-electron chi connectivity index (χ1n) is 8.76. The van der Waals surface area contributed by atoms with Crippen LogP contribution in [-0.2, 0) is 11.2 Å². The Labute approximate surface area is 152 Å². The van der Waals surface area contributed by atoms with Crippen molar-refractivity contribution in [3.63, 3.8) is 0 Å². The third-order valence-corrected chi connectivity index (χ3v) is 4.42. The predicted molar refractivity (Wildman–Crippen MR) is 102 cm³/mol. The number of hydrogen-bond acceptors (Lipinski definition) is 4. The summed E-state index contributed by atoms with van der Waals surface area (Å²) < 4.78 is 10.6. The summed E-state index contributed by atoms with van der Waals surface area (Å²) in [6.07, 6.45) is 0.913. The van der Waals surface area contributed by atoms with E-state index < -0.39 is 5.63 Å². The minimum absolute atomic E-state index is 0.289. The van der Waals surface area contributed by atoms with Crippen LogP contribution in [0.4, 0.5) is 0 Å². The first kappa shape index (κ1) is 17.9. The van der Waals surface area contributed by atoms with Crippen LogP contribution < -0.4 is 10.4 Å². The van der Waals surface area contributed by atoms with E-state index in [2.05, 4.69) is 38.1 Å². The van der Waals surface area contributed by atoms with Crippen LogP contribution in [0.5, 0.6) is 5.75 Å². The Morgan fingerprint density at radius 1 is 1.08 bits per heavy atom. The fourth-order valence-corrected chi connectivity index (χ4v) is 2.87. The first-order chi connectivity index (χ1) is 12.4. The highest BCUT2D eigenvalue weighted by atomic mass is 16.5. The van der Waals surface area contributed by atoms with Crippen molar-refractivity contribution in [1.29, 1.82) is 0 Å². The third-order valence-electron chi connectivity index (χ3n) is 4.42. The molecular weight excluding hydrogens is 328 g/mol. The molecule has 1 heterocycles. The number of aryl methyl sites for hydroxylation is 2. The molecule has 4 heteroatoms.